The fourth-order valence-electron chi connectivity index (χ4n) is 3.53. The molecule has 7 nitrogen and oxygen atoms in total. The van der Waals surface area contributed by atoms with Gasteiger partial charge in [-0.05, 0) is 38.8 Å². The van der Waals surface area contributed by atoms with Gasteiger partial charge in [-0.3, -0.25) is 14.4 Å². The maximum Gasteiger partial charge on any atom is 0.323 e. The second-order valence-corrected chi connectivity index (χ2v) is 7.11. The molecule has 1 aliphatic rings. The first-order chi connectivity index (χ1) is 12.8. The number of carbonyl (C=O) groups is 3. The van der Waals surface area contributed by atoms with Crippen molar-refractivity contribution in [3.63, 3.8) is 0 Å². The maximum absolute atomic E-state index is 12.9. The topological polar surface area (TPSA) is 87.2 Å². The summed E-state index contributed by atoms with van der Waals surface area (Å²) in [4.78, 5) is 39.8. The summed E-state index contributed by atoms with van der Waals surface area (Å²) in [6, 6.07) is 5.73. The number of amides is 2. The van der Waals surface area contributed by atoms with Crippen LogP contribution in [0, 0.1) is 19.8 Å². The van der Waals surface area contributed by atoms with E-state index < -0.39 is 5.97 Å². The molecule has 148 valence electrons. The fraction of sp³-hybridized carbons (Fsp3) is 0.550. The molecule has 1 aromatic carbocycles. The van der Waals surface area contributed by atoms with Crippen molar-refractivity contribution in [2.45, 2.75) is 26.7 Å². The van der Waals surface area contributed by atoms with Crippen LogP contribution in [0.3, 0.4) is 0 Å². The van der Waals surface area contributed by atoms with E-state index in [1.54, 1.807) is 4.90 Å². The van der Waals surface area contributed by atoms with Crippen LogP contribution in [0.15, 0.2) is 18.2 Å². The fourth-order valence-corrected chi connectivity index (χ4v) is 3.53. The molecular formula is C20H28N2O5. The molecule has 1 atom stereocenters. The molecule has 0 radical (unpaired) electrons. The normalized spacial score (nSPS) is 16.9. The van der Waals surface area contributed by atoms with Crippen LogP contribution in [0.2, 0.25) is 0 Å². The predicted octanol–water partition coefficient (Wildman–Crippen LogP) is 1.72. The highest BCUT2D eigenvalue weighted by molar-refractivity contribution is 5.95. The molecule has 1 saturated heterocycles. The Morgan fingerprint density at radius 3 is 2.48 bits per heavy atom. The average Bonchev–Trinajstić information content (AvgIpc) is 2.63. The lowest BCUT2D eigenvalue weighted by molar-refractivity contribution is -0.147. The summed E-state index contributed by atoms with van der Waals surface area (Å²) >= 11 is 0. The van der Waals surface area contributed by atoms with E-state index in [0.717, 1.165) is 17.5 Å². The minimum atomic E-state index is -1.06. The van der Waals surface area contributed by atoms with Gasteiger partial charge in [0, 0.05) is 32.3 Å². The van der Waals surface area contributed by atoms with Gasteiger partial charge in [-0.15, -0.1) is 0 Å². The van der Waals surface area contributed by atoms with E-state index in [9.17, 15) is 14.4 Å². The first kappa shape index (κ1) is 20.9. The molecule has 1 fully saturated rings. The van der Waals surface area contributed by atoms with Gasteiger partial charge in [-0.1, -0.05) is 17.2 Å². The molecule has 1 aromatic rings. The molecule has 2 amide bonds. The summed E-state index contributed by atoms with van der Waals surface area (Å²) in [6.07, 6.45) is 1.37. The molecule has 1 aliphatic heterocycles. The molecule has 0 spiro atoms. The van der Waals surface area contributed by atoms with Gasteiger partial charge in [-0.25, -0.2) is 0 Å². The van der Waals surface area contributed by atoms with Crippen molar-refractivity contribution in [1.29, 1.82) is 0 Å². The lowest BCUT2D eigenvalue weighted by atomic mass is 9.95. The second-order valence-electron chi connectivity index (χ2n) is 7.11. The third kappa shape index (κ3) is 5.79. The minimum absolute atomic E-state index is 0.0824. The van der Waals surface area contributed by atoms with Crippen molar-refractivity contribution >= 4 is 17.8 Å². The zero-order valence-corrected chi connectivity index (χ0v) is 16.2. The van der Waals surface area contributed by atoms with Crippen molar-refractivity contribution in [1.82, 2.24) is 9.80 Å². The quantitative estimate of drug-likeness (QED) is 0.783. The van der Waals surface area contributed by atoms with Crippen LogP contribution in [-0.2, 0) is 14.3 Å². The smallest absolute Gasteiger partial charge is 0.323 e. The maximum atomic E-state index is 12.9. The number of carbonyl (C=O) groups excluding carboxylic acids is 2. The third-order valence-electron chi connectivity index (χ3n) is 4.73. The number of methoxy groups -OCH3 is 1. The summed E-state index contributed by atoms with van der Waals surface area (Å²) in [5, 5.41) is 9.07. The molecule has 0 aliphatic carbocycles. The molecule has 2 rings (SSSR count). The number of hydrogen-bond donors (Lipinski definition) is 1. The number of piperidine rings is 1. The largest absolute Gasteiger partial charge is 0.480 e. The molecule has 1 heterocycles. The van der Waals surface area contributed by atoms with Crippen LogP contribution < -0.4 is 0 Å². The van der Waals surface area contributed by atoms with Gasteiger partial charge in [0.1, 0.15) is 6.54 Å². The Balaban J connectivity index is 2.09. The number of likely N-dealkylation sites (tertiary alicyclic amines) is 1. The minimum Gasteiger partial charge on any atom is -0.480 e. The van der Waals surface area contributed by atoms with Gasteiger partial charge in [-0.2, -0.15) is 0 Å². The Bertz CT molecular complexity index is 683. The number of aliphatic carboxylic acids is 1. The van der Waals surface area contributed by atoms with Gasteiger partial charge in [0.2, 0.25) is 5.91 Å². The molecule has 27 heavy (non-hydrogen) atoms. The molecule has 1 N–H and O–H groups in total. The van der Waals surface area contributed by atoms with Crippen LogP contribution in [0.5, 0.6) is 0 Å². The Morgan fingerprint density at radius 2 is 1.89 bits per heavy atom. The molecule has 0 saturated carbocycles. The Labute approximate surface area is 159 Å². The number of carboxylic acids is 1. The number of nitrogens with zero attached hydrogens (tertiary/aromatic N) is 2. The van der Waals surface area contributed by atoms with E-state index in [0.29, 0.717) is 25.1 Å². The lowest BCUT2D eigenvalue weighted by Gasteiger charge is -2.34. The molecule has 7 heteroatoms. The number of benzene rings is 1. The highest BCUT2D eigenvalue weighted by Gasteiger charge is 2.32. The lowest BCUT2D eigenvalue weighted by Crippen LogP contribution is -2.48. The predicted molar refractivity (Wildman–Crippen MR) is 101 cm³/mol. The summed E-state index contributed by atoms with van der Waals surface area (Å²) in [6.45, 7) is 4.96. The van der Waals surface area contributed by atoms with Crippen molar-refractivity contribution in [2.24, 2.45) is 5.92 Å². The SMILES string of the molecule is COCCN(CC(=O)O)C(=O)C1CCCN(C(=O)c2cc(C)cc(C)c2)C1. The number of rotatable bonds is 7. The van der Waals surface area contributed by atoms with Crippen molar-refractivity contribution in [3.05, 3.63) is 34.9 Å². The highest BCUT2D eigenvalue weighted by atomic mass is 16.5. The van der Waals surface area contributed by atoms with Crippen LogP contribution in [-0.4, -0.2) is 72.6 Å². The number of aryl methyl sites for hydroxylation is 2. The molecule has 1 unspecified atom stereocenters. The van der Waals surface area contributed by atoms with Gasteiger partial charge < -0.3 is 19.6 Å². The summed E-state index contributed by atoms with van der Waals surface area (Å²) in [5.74, 6) is -1.75. The first-order valence-electron chi connectivity index (χ1n) is 9.19. The second kappa shape index (κ2) is 9.50. The van der Waals surface area contributed by atoms with E-state index in [-0.39, 0.29) is 37.4 Å². The monoisotopic (exact) mass is 376 g/mol. The highest BCUT2D eigenvalue weighted by Crippen LogP contribution is 2.21. The Morgan fingerprint density at radius 1 is 1.22 bits per heavy atom. The summed E-state index contributed by atoms with van der Waals surface area (Å²) < 4.78 is 4.98. The Hall–Kier alpha value is -2.41. The zero-order chi connectivity index (χ0) is 20.0. The molecule has 0 bridgehead atoms. The van der Waals surface area contributed by atoms with E-state index >= 15 is 0 Å². The zero-order valence-electron chi connectivity index (χ0n) is 16.2. The van der Waals surface area contributed by atoms with E-state index in [4.69, 9.17) is 9.84 Å². The van der Waals surface area contributed by atoms with Crippen molar-refractivity contribution < 1.29 is 24.2 Å². The summed E-state index contributed by atoms with van der Waals surface area (Å²) in [5.41, 5.74) is 2.67. The molecule has 0 aromatic heterocycles. The van der Waals surface area contributed by atoms with E-state index in [1.165, 1.54) is 12.0 Å². The van der Waals surface area contributed by atoms with Gasteiger partial charge >= 0.3 is 5.97 Å². The number of carboxylic acid groups (broad SMARTS) is 1. The Kier molecular flexibility index (Phi) is 7.36. The molecular weight excluding hydrogens is 348 g/mol. The van der Waals surface area contributed by atoms with Crippen LogP contribution >= 0.6 is 0 Å². The van der Waals surface area contributed by atoms with E-state index in [1.807, 2.05) is 32.0 Å². The van der Waals surface area contributed by atoms with Crippen molar-refractivity contribution in [3.8, 4) is 0 Å². The van der Waals surface area contributed by atoms with Crippen molar-refractivity contribution in [2.75, 3.05) is 39.9 Å². The van der Waals surface area contributed by atoms with E-state index in [2.05, 4.69) is 0 Å². The number of ether oxygens (including phenoxy) is 1. The average molecular weight is 376 g/mol. The number of hydrogen-bond acceptors (Lipinski definition) is 4. The van der Waals surface area contributed by atoms with Crippen LogP contribution in [0.1, 0.15) is 34.3 Å². The van der Waals surface area contributed by atoms with Crippen LogP contribution in [0.4, 0.5) is 0 Å². The third-order valence-corrected chi connectivity index (χ3v) is 4.73. The van der Waals surface area contributed by atoms with Gasteiger partial charge in [0.05, 0.1) is 12.5 Å². The van der Waals surface area contributed by atoms with Gasteiger partial charge in [0.15, 0.2) is 0 Å². The summed E-state index contributed by atoms with van der Waals surface area (Å²) in [7, 11) is 1.51. The first-order valence-corrected chi connectivity index (χ1v) is 9.19. The van der Waals surface area contributed by atoms with Gasteiger partial charge in [0.25, 0.3) is 5.91 Å². The van der Waals surface area contributed by atoms with Crippen LogP contribution in [0.25, 0.3) is 0 Å². The standard InChI is InChI=1S/C20H28N2O5/c1-14-9-15(2)11-17(10-14)20(26)21-6-4-5-16(12-21)19(25)22(7-8-27-3)13-18(23)24/h9-11,16H,4-8,12-13H2,1-3H3,(H,23,24).